The van der Waals surface area contributed by atoms with Gasteiger partial charge in [0.15, 0.2) is 0 Å². The van der Waals surface area contributed by atoms with Gasteiger partial charge in [-0.25, -0.2) is 0 Å². The minimum Gasteiger partial charge on any atom is -0.326 e. The molecule has 7 heteroatoms. The van der Waals surface area contributed by atoms with Gasteiger partial charge < -0.3 is 5.32 Å². The van der Waals surface area contributed by atoms with Crippen molar-refractivity contribution in [1.29, 1.82) is 0 Å². The average Bonchev–Trinajstić information content (AvgIpc) is 3.26. The quantitative estimate of drug-likeness (QED) is 0.911. The molecule has 0 saturated heterocycles. The van der Waals surface area contributed by atoms with E-state index in [1.165, 1.54) is 11.3 Å². The molecule has 0 unspecified atom stereocenters. The molecule has 4 rings (SSSR count). The maximum atomic E-state index is 12.5. The molecule has 1 atom stereocenters. The van der Waals surface area contributed by atoms with Crippen LogP contribution >= 0.6 is 11.3 Å². The van der Waals surface area contributed by atoms with Crippen molar-refractivity contribution in [2.75, 3.05) is 10.6 Å². The molecule has 0 spiro atoms. The molecule has 0 radical (unpaired) electrons. The van der Waals surface area contributed by atoms with E-state index in [1.54, 1.807) is 0 Å². The van der Waals surface area contributed by atoms with Crippen molar-refractivity contribution >= 4 is 34.0 Å². The van der Waals surface area contributed by atoms with Gasteiger partial charge in [-0.15, -0.1) is 10.2 Å². The fourth-order valence-corrected chi connectivity index (χ4v) is 3.53. The standard InChI is InChI=1S/C15H14N4O2S/c20-12-7-10(9-3-1-2-4-11(9)16-12)13(21)17-15-19-18-14(22-15)8-5-6-8/h1-4,8,10H,5-7H2,(H,16,20)(H,17,19,21)/t10-/m0/s1. The number of amides is 2. The summed E-state index contributed by atoms with van der Waals surface area (Å²) in [4.78, 5) is 24.3. The zero-order valence-corrected chi connectivity index (χ0v) is 12.5. The molecule has 22 heavy (non-hydrogen) atoms. The lowest BCUT2D eigenvalue weighted by Crippen LogP contribution is -2.30. The monoisotopic (exact) mass is 314 g/mol. The Labute approximate surface area is 131 Å². The van der Waals surface area contributed by atoms with Crippen LogP contribution in [-0.2, 0) is 9.59 Å². The number of aromatic nitrogens is 2. The number of anilines is 2. The maximum absolute atomic E-state index is 12.5. The van der Waals surface area contributed by atoms with Crippen molar-refractivity contribution < 1.29 is 9.59 Å². The summed E-state index contributed by atoms with van der Waals surface area (Å²) in [5, 5.41) is 15.2. The first kappa shape index (κ1) is 13.4. The number of benzene rings is 1. The summed E-state index contributed by atoms with van der Waals surface area (Å²) in [6.45, 7) is 0. The summed E-state index contributed by atoms with van der Waals surface area (Å²) in [7, 11) is 0. The number of hydrogen-bond acceptors (Lipinski definition) is 5. The SMILES string of the molecule is O=C1C[C@H](C(=O)Nc2nnc(C3CC3)s2)c2ccccc2N1. The molecule has 1 aliphatic carbocycles. The molecule has 2 N–H and O–H groups in total. The van der Waals surface area contributed by atoms with Gasteiger partial charge in [0.25, 0.3) is 0 Å². The smallest absolute Gasteiger partial charge is 0.234 e. The number of nitrogens with zero attached hydrogens (tertiary/aromatic N) is 2. The van der Waals surface area contributed by atoms with Crippen molar-refractivity contribution in [2.24, 2.45) is 0 Å². The third-order valence-electron chi connectivity index (χ3n) is 3.91. The summed E-state index contributed by atoms with van der Waals surface area (Å²) in [6.07, 6.45) is 2.45. The van der Waals surface area contributed by atoms with Gasteiger partial charge in [0.1, 0.15) is 5.01 Å². The van der Waals surface area contributed by atoms with Crippen LogP contribution in [0.3, 0.4) is 0 Å². The number of carbonyl (C=O) groups excluding carboxylic acids is 2. The van der Waals surface area contributed by atoms with Crippen LogP contribution in [0.2, 0.25) is 0 Å². The predicted molar refractivity (Wildman–Crippen MR) is 82.9 cm³/mol. The minimum absolute atomic E-state index is 0.144. The van der Waals surface area contributed by atoms with E-state index in [-0.39, 0.29) is 18.2 Å². The molecule has 2 aromatic rings. The van der Waals surface area contributed by atoms with Gasteiger partial charge in [-0.05, 0) is 24.5 Å². The number of carbonyl (C=O) groups is 2. The summed E-state index contributed by atoms with van der Waals surface area (Å²) in [6, 6.07) is 7.39. The normalized spacial score (nSPS) is 20.2. The van der Waals surface area contributed by atoms with Crippen molar-refractivity contribution in [3.05, 3.63) is 34.8 Å². The second-order valence-electron chi connectivity index (χ2n) is 5.60. The Kier molecular flexibility index (Phi) is 3.15. The van der Waals surface area contributed by atoms with Crippen molar-refractivity contribution in [3.63, 3.8) is 0 Å². The molecule has 2 amide bonds. The number of para-hydroxylation sites is 1. The van der Waals surface area contributed by atoms with Crippen LogP contribution in [0.15, 0.2) is 24.3 Å². The van der Waals surface area contributed by atoms with Gasteiger partial charge in [0.2, 0.25) is 16.9 Å². The Bertz CT molecular complexity index is 754. The molecule has 0 bridgehead atoms. The van der Waals surface area contributed by atoms with E-state index in [9.17, 15) is 9.59 Å². The molecular formula is C15H14N4O2S. The molecule has 112 valence electrons. The van der Waals surface area contributed by atoms with Crippen LogP contribution in [0.5, 0.6) is 0 Å². The maximum Gasteiger partial charge on any atom is 0.234 e. The third kappa shape index (κ3) is 2.48. The van der Waals surface area contributed by atoms with Crippen LogP contribution in [0.25, 0.3) is 0 Å². The fourth-order valence-electron chi connectivity index (χ4n) is 2.62. The molecule has 1 saturated carbocycles. The van der Waals surface area contributed by atoms with Gasteiger partial charge in [-0.3, -0.25) is 14.9 Å². The van der Waals surface area contributed by atoms with Crippen LogP contribution in [0.4, 0.5) is 10.8 Å². The Balaban J connectivity index is 1.55. The van der Waals surface area contributed by atoms with Gasteiger partial charge in [0.05, 0.1) is 5.92 Å². The summed E-state index contributed by atoms with van der Waals surface area (Å²) in [5.74, 6) is -0.321. The number of rotatable bonds is 3. The largest absolute Gasteiger partial charge is 0.326 e. The van der Waals surface area contributed by atoms with Crippen LogP contribution in [0, 0.1) is 0 Å². The van der Waals surface area contributed by atoms with Gasteiger partial charge in [-0.1, -0.05) is 29.5 Å². The Morgan fingerprint density at radius 3 is 2.91 bits per heavy atom. The van der Waals surface area contributed by atoms with E-state index in [1.807, 2.05) is 24.3 Å². The van der Waals surface area contributed by atoms with E-state index in [2.05, 4.69) is 20.8 Å². The molecule has 2 aliphatic rings. The highest BCUT2D eigenvalue weighted by molar-refractivity contribution is 7.15. The van der Waals surface area contributed by atoms with Crippen molar-refractivity contribution in [1.82, 2.24) is 10.2 Å². The lowest BCUT2D eigenvalue weighted by Gasteiger charge is -2.24. The summed E-state index contributed by atoms with van der Waals surface area (Å²) in [5.41, 5.74) is 1.54. The number of fused-ring (bicyclic) bond motifs is 1. The van der Waals surface area contributed by atoms with Crippen LogP contribution < -0.4 is 10.6 Å². The van der Waals surface area contributed by atoms with E-state index in [4.69, 9.17) is 0 Å². The van der Waals surface area contributed by atoms with E-state index in [0.717, 1.165) is 23.4 Å². The molecular weight excluding hydrogens is 300 g/mol. The topological polar surface area (TPSA) is 84.0 Å². The van der Waals surface area contributed by atoms with Gasteiger partial charge in [0, 0.05) is 18.0 Å². The Morgan fingerprint density at radius 1 is 1.27 bits per heavy atom. The van der Waals surface area contributed by atoms with E-state index in [0.29, 0.717) is 16.7 Å². The summed E-state index contributed by atoms with van der Waals surface area (Å²) < 4.78 is 0. The first-order valence-corrected chi connectivity index (χ1v) is 8.05. The highest BCUT2D eigenvalue weighted by Gasteiger charge is 2.32. The Hall–Kier alpha value is -2.28. The van der Waals surface area contributed by atoms with Crippen molar-refractivity contribution in [3.8, 4) is 0 Å². The molecule has 1 aliphatic heterocycles. The first-order chi connectivity index (χ1) is 10.7. The van der Waals surface area contributed by atoms with Crippen molar-refractivity contribution in [2.45, 2.75) is 31.1 Å². The Morgan fingerprint density at radius 2 is 2.09 bits per heavy atom. The minimum atomic E-state index is -0.488. The molecule has 2 heterocycles. The highest BCUT2D eigenvalue weighted by Crippen LogP contribution is 2.42. The van der Waals surface area contributed by atoms with Crippen LogP contribution in [-0.4, -0.2) is 22.0 Å². The first-order valence-electron chi connectivity index (χ1n) is 7.24. The lowest BCUT2D eigenvalue weighted by atomic mass is 9.90. The number of hydrogen-bond donors (Lipinski definition) is 2. The molecule has 1 aromatic carbocycles. The van der Waals surface area contributed by atoms with E-state index < -0.39 is 5.92 Å². The van der Waals surface area contributed by atoms with Crippen LogP contribution in [0.1, 0.15) is 41.7 Å². The number of nitrogens with one attached hydrogen (secondary N) is 2. The van der Waals surface area contributed by atoms with Gasteiger partial charge >= 0.3 is 0 Å². The van der Waals surface area contributed by atoms with Gasteiger partial charge in [-0.2, -0.15) is 0 Å². The molecule has 1 fully saturated rings. The fraction of sp³-hybridized carbons (Fsp3) is 0.333. The predicted octanol–water partition coefficient (Wildman–Crippen LogP) is 2.48. The zero-order valence-electron chi connectivity index (χ0n) is 11.7. The summed E-state index contributed by atoms with van der Waals surface area (Å²) >= 11 is 1.42. The lowest BCUT2D eigenvalue weighted by molar-refractivity contribution is -0.123. The second kappa shape index (κ2) is 5.17. The highest BCUT2D eigenvalue weighted by atomic mass is 32.1. The molecule has 6 nitrogen and oxygen atoms in total. The van der Waals surface area contributed by atoms with E-state index >= 15 is 0 Å². The average molecular weight is 314 g/mol. The second-order valence-corrected chi connectivity index (χ2v) is 6.61. The zero-order chi connectivity index (χ0) is 15.1. The third-order valence-corrected chi connectivity index (χ3v) is 4.91. The molecule has 1 aromatic heterocycles.